The Hall–Kier alpha value is -2.74. The fourth-order valence-corrected chi connectivity index (χ4v) is 3.59. The smallest absolute Gasteiger partial charge is 0.165 e. The van der Waals surface area contributed by atoms with Gasteiger partial charge in [-0.05, 0) is 23.3 Å². The first-order valence-corrected chi connectivity index (χ1v) is 10.0. The van der Waals surface area contributed by atoms with Crippen LogP contribution in [0.2, 0.25) is 0 Å². The molecule has 4 rings (SSSR count). The predicted molar refractivity (Wildman–Crippen MR) is 112 cm³/mol. The molecule has 7 nitrogen and oxygen atoms in total. The van der Waals surface area contributed by atoms with E-state index < -0.39 is 17.3 Å². The topological polar surface area (TPSA) is 78.6 Å². The van der Waals surface area contributed by atoms with Crippen molar-refractivity contribution in [1.82, 2.24) is 14.8 Å². The number of rotatable bonds is 8. The lowest BCUT2D eigenvalue weighted by atomic mass is 9.74. The fraction of sp³-hybridized carbons (Fsp3) is 0.391. The van der Waals surface area contributed by atoms with Gasteiger partial charge in [0.25, 0.3) is 0 Å². The summed E-state index contributed by atoms with van der Waals surface area (Å²) in [7, 11) is 0. The molecule has 2 heterocycles. The summed E-state index contributed by atoms with van der Waals surface area (Å²) >= 11 is 0. The second-order valence-corrected chi connectivity index (χ2v) is 8.10. The minimum Gasteiger partial charge on any atom is -0.490 e. The third kappa shape index (κ3) is 4.23. The number of hydrogen-bond donors (Lipinski definition) is 1. The van der Waals surface area contributed by atoms with Gasteiger partial charge < -0.3 is 19.3 Å². The molecule has 1 fully saturated rings. The maximum atomic E-state index is 11.7. The fourth-order valence-electron chi connectivity index (χ4n) is 3.59. The standard InChI is InChI=1S/C23H27N3O4/c1-22(2,21-28-12-13-29-21)23(27,14-26-17-24-16-25-26)15-30-20-10-8-19(9-11-20)18-6-4-3-5-7-18/h3-11,16-17,21,27H,12-15H2,1-2H3. The van der Waals surface area contributed by atoms with Crippen LogP contribution in [-0.4, -0.2) is 51.6 Å². The molecule has 0 spiro atoms. The maximum Gasteiger partial charge on any atom is 0.165 e. The summed E-state index contributed by atoms with van der Waals surface area (Å²) in [5.41, 5.74) is 0.185. The first-order valence-electron chi connectivity index (χ1n) is 10.0. The molecule has 1 aliphatic rings. The Morgan fingerprint density at radius 1 is 1.03 bits per heavy atom. The van der Waals surface area contributed by atoms with Crippen LogP contribution in [0.15, 0.2) is 67.3 Å². The summed E-state index contributed by atoms with van der Waals surface area (Å²) in [6, 6.07) is 18.0. The largest absolute Gasteiger partial charge is 0.490 e. The van der Waals surface area contributed by atoms with Gasteiger partial charge in [0.1, 0.15) is 30.6 Å². The molecule has 1 saturated heterocycles. The highest BCUT2D eigenvalue weighted by molar-refractivity contribution is 5.63. The lowest BCUT2D eigenvalue weighted by Crippen LogP contribution is -2.58. The lowest BCUT2D eigenvalue weighted by molar-refractivity contribution is -0.215. The molecule has 158 valence electrons. The molecule has 0 saturated carbocycles. The molecule has 3 aromatic rings. The van der Waals surface area contributed by atoms with E-state index in [9.17, 15) is 5.11 Å². The number of ether oxygens (including phenoxy) is 3. The van der Waals surface area contributed by atoms with Crippen LogP contribution in [0.5, 0.6) is 5.75 Å². The van der Waals surface area contributed by atoms with E-state index in [4.69, 9.17) is 14.2 Å². The molecule has 0 radical (unpaired) electrons. The molecular weight excluding hydrogens is 382 g/mol. The van der Waals surface area contributed by atoms with Crippen LogP contribution in [0.1, 0.15) is 13.8 Å². The number of benzene rings is 2. The Morgan fingerprint density at radius 3 is 2.33 bits per heavy atom. The van der Waals surface area contributed by atoms with Crippen molar-refractivity contribution in [2.75, 3.05) is 19.8 Å². The number of aromatic nitrogens is 3. The molecule has 1 aromatic heterocycles. The van der Waals surface area contributed by atoms with Crippen molar-refractivity contribution in [1.29, 1.82) is 0 Å². The Morgan fingerprint density at radius 2 is 1.70 bits per heavy atom. The van der Waals surface area contributed by atoms with Crippen LogP contribution in [0.25, 0.3) is 11.1 Å². The van der Waals surface area contributed by atoms with Crippen LogP contribution < -0.4 is 4.74 Å². The molecule has 2 aromatic carbocycles. The summed E-state index contributed by atoms with van der Waals surface area (Å²) in [5, 5.41) is 15.8. The Kier molecular flexibility index (Phi) is 5.85. The molecule has 30 heavy (non-hydrogen) atoms. The summed E-state index contributed by atoms with van der Waals surface area (Å²) < 4.78 is 19.1. The summed E-state index contributed by atoms with van der Waals surface area (Å²) in [6.07, 6.45) is 2.49. The van der Waals surface area contributed by atoms with Crippen molar-refractivity contribution in [3.8, 4) is 16.9 Å². The minimum absolute atomic E-state index is 0.0494. The molecule has 0 aliphatic carbocycles. The average Bonchev–Trinajstić information content (AvgIpc) is 3.48. The van der Waals surface area contributed by atoms with Crippen LogP contribution in [-0.2, 0) is 16.0 Å². The van der Waals surface area contributed by atoms with Gasteiger partial charge in [0.05, 0.1) is 19.8 Å². The molecule has 7 heteroatoms. The molecule has 1 N–H and O–H groups in total. The zero-order valence-electron chi connectivity index (χ0n) is 17.3. The van der Waals surface area contributed by atoms with E-state index in [2.05, 4.69) is 22.2 Å². The third-order valence-electron chi connectivity index (χ3n) is 5.74. The van der Waals surface area contributed by atoms with Crippen LogP contribution in [0.4, 0.5) is 0 Å². The van der Waals surface area contributed by atoms with Gasteiger partial charge in [0.2, 0.25) is 0 Å². The number of hydrogen-bond acceptors (Lipinski definition) is 6. The molecule has 1 unspecified atom stereocenters. The van der Waals surface area contributed by atoms with E-state index in [0.717, 1.165) is 11.1 Å². The normalized spacial score (nSPS) is 17.0. The highest BCUT2D eigenvalue weighted by atomic mass is 16.7. The number of aliphatic hydroxyl groups is 1. The van der Waals surface area contributed by atoms with Crippen molar-refractivity contribution in [3.05, 3.63) is 67.3 Å². The first-order chi connectivity index (χ1) is 14.5. The van der Waals surface area contributed by atoms with Crippen molar-refractivity contribution in [3.63, 3.8) is 0 Å². The number of nitrogens with zero attached hydrogens (tertiary/aromatic N) is 3. The molecule has 0 amide bonds. The minimum atomic E-state index is -1.31. The van der Waals surface area contributed by atoms with E-state index >= 15 is 0 Å². The zero-order valence-corrected chi connectivity index (χ0v) is 17.3. The monoisotopic (exact) mass is 409 g/mol. The Labute approximate surface area is 176 Å². The van der Waals surface area contributed by atoms with Gasteiger partial charge in [0, 0.05) is 5.41 Å². The van der Waals surface area contributed by atoms with Gasteiger partial charge in [-0.1, -0.05) is 56.3 Å². The van der Waals surface area contributed by atoms with Crippen LogP contribution >= 0.6 is 0 Å². The quantitative estimate of drug-likeness (QED) is 0.616. The van der Waals surface area contributed by atoms with Gasteiger partial charge in [-0.2, -0.15) is 5.10 Å². The second-order valence-electron chi connectivity index (χ2n) is 8.10. The molecular formula is C23H27N3O4. The van der Waals surface area contributed by atoms with Gasteiger partial charge >= 0.3 is 0 Å². The van der Waals surface area contributed by atoms with Crippen LogP contribution in [0.3, 0.4) is 0 Å². The average molecular weight is 409 g/mol. The van der Waals surface area contributed by atoms with Crippen molar-refractivity contribution >= 4 is 0 Å². The first kappa shape index (κ1) is 20.5. The SMILES string of the molecule is CC(C)(C1OCCO1)C(O)(COc1ccc(-c2ccccc2)cc1)Cn1cncn1. The van der Waals surface area contributed by atoms with E-state index in [1.165, 1.54) is 6.33 Å². The summed E-state index contributed by atoms with van der Waals surface area (Å²) in [4.78, 5) is 3.98. The zero-order chi connectivity index (χ0) is 21.0. The maximum absolute atomic E-state index is 11.7. The predicted octanol–water partition coefficient (Wildman–Crippen LogP) is 3.15. The van der Waals surface area contributed by atoms with Crippen LogP contribution in [0, 0.1) is 5.41 Å². The van der Waals surface area contributed by atoms with Gasteiger partial charge in [-0.3, -0.25) is 0 Å². The molecule has 0 bridgehead atoms. The Balaban J connectivity index is 1.51. The van der Waals surface area contributed by atoms with E-state index in [-0.39, 0.29) is 13.2 Å². The summed E-state index contributed by atoms with van der Waals surface area (Å²) in [5.74, 6) is 0.677. The van der Waals surface area contributed by atoms with E-state index in [1.807, 2.05) is 56.3 Å². The van der Waals surface area contributed by atoms with Gasteiger partial charge in [-0.15, -0.1) is 0 Å². The highest BCUT2D eigenvalue weighted by Crippen LogP contribution is 2.40. The lowest BCUT2D eigenvalue weighted by Gasteiger charge is -2.44. The van der Waals surface area contributed by atoms with Gasteiger partial charge in [-0.25, -0.2) is 9.67 Å². The highest BCUT2D eigenvalue weighted by Gasteiger charge is 2.52. The third-order valence-corrected chi connectivity index (χ3v) is 5.74. The van der Waals surface area contributed by atoms with E-state index in [0.29, 0.717) is 19.0 Å². The summed E-state index contributed by atoms with van der Waals surface area (Å²) in [6.45, 7) is 5.10. The van der Waals surface area contributed by atoms with Crippen molar-refractivity contribution < 1.29 is 19.3 Å². The second kappa shape index (κ2) is 8.55. The molecule has 1 aliphatic heterocycles. The van der Waals surface area contributed by atoms with E-state index in [1.54, 1.807) is 11.0 Å². The van der Waals surface area contributed by atoms with Crippen molar-refractivity contribution in [2.45, 2.75) is 32.3 Å². The van der Waals surface area contributed by atoms with Crippen molar-refractivity contribution in [2.24, 2.45) is 5.41 Å². The van der Waals surface area contributed by atoms with Gasteiger partial charge in [0.15, 0.2) is 6.29 Å². The Bertz CT molecular complexity index is 923. The molecule has 1 atom stereocenters.